The van der Waals surface area contributed by atoms with Crippen molar-refractivity contribution in [3.05, 3.63) is 69.4 Å². The number of nitrogens with one attached hydrogen (secondary N) is 1. The predicted octanol–water partition coefficient (Wildman–Crippen LogP) is 4.46. The number of hydrogen-bond donors (Lipinski definition) is 1. The van der Waals surface area contributed by atoms with Gasteiger partial charge in [0.1, 0.15) is 5.82 Å². The normalized spacial score (nSPS) is 12.4. The van der Waals surface area contributed by atoms with Gasteiger partial charge in [-0.15, -0.1) is 0 Å². The Morgan fingerprint density at radius 3 is 2.47 bits per heavy atom. The van der Waals surface area contributed by atoms with Gasteiger partial charge in [0.05, 0.1) is 10.5 Å². The molecule has 0 fully saturated rings. The lowest BCUT2D eigenvalue weighted by atomic mass is 9.93. The molecule has 0 heterocycles. The third-order valence-electron chi connectivity index (χ3n) is 3.33. The van der Waals surface area contributed by atoms with Crippen LogP contribution in [0.25, 0.3) is 0 Å². The first kappa shape index (κ1) is 14.2. The lowest BCUT2D eigenvalue weighted by Crippen LogP contribution is -2.20. The quantitative estimate of drug-likeness (QED) is 0.876. The third kappa shape index (κ3) is 2.88. The van der Waals surface area contributed by atoms with Crippen molar-refractivity contribution >= 4 is 15.9 Å². The number of rotatable bonds is 4. The minimum atomic E-state index is -0.201. The summed E-state index contributed by atoms with van der Waals surface area (Å²) in [5, 5.41) is 3.22. The highest BCUT2D eigenvalue weighted by Gasteiger charge is 2.19. The largest absolute Gasteiger partial charge is 0.309 e. The summed E-state index contributed by atoms with van der Waals surface area (Å²) in [5.41, 5.74) is 3.03. The zero-order chi connectivity index (χ0) is 13.8. The van der Waals surface area contributed by atoms with Gasteiger partial charge in [-0.05, 0) is 46.6 Å². The lowest BCUT2D eigenvalue weighted by Gasteiger charge is -2.21. The van der Waals surface area contributed by atoms with Crippen molar-refractivity contribution in [2.75, 3.05) is 7.05 Å². The van der Waals surface area contributed by atoms with Gasteiger partial charge >= 0.3 is 0 Å². The van der Waals surface area contributed by atoms with E-state index in [2.05, 4.69) is 40.3 Å². The fraction of sp³-hybridized carbons (Fsp3) is 0.250. The van der Waals surface area contributed by atoms with Crippen molar-refractivity contribution in [2.24, 2.45) is 0 Å². The molecule has 100 valence electrons. The molecule has 1 unspecified atom stereocenters. The highest BCUT2D eigenvalue weighted by Crippen LogP contribution is 2.30. The van der Waals surface area contributed by atoms with Gasteiger partial charge in [0.2, 0.25) is 0 Å². The van der Waals surface area contributed by atoms with E-state index in [0.29, 0.717) is 10.0 Å². The maximum atomic E-state index is 14.3. The van der Waals surface area contributed by atoms with E-state index in [1.54, 1.807) is 6.07 Å². The van der Waals surface area contributed by atoms with Crippen molar-refractivity contribution in [1.82, 2.24) is 5.32 Å². The van der Waals surface area contributed by atoms with Crippen LogP contribution in [0.5, 0.6) is 0 Å². The second-order valence-corrected chi connectivity index (χ2v) is 5.27. The highest BCUT2D eigenvalue weighted by atomic mass is 79.9. The summed E-state index contributed by atoms with van der Waals surface area (Å²) in [4.78, 5) is 0. The molecule has 0 saturated carbocycles. The van der Waals surface area contributed by atoms with Crippen LogP contribution in [0.15, 0.2) is 46.9 Å². The molecule has 2 aromatic rings. The van der Waals surface area contributed by atoms with Crippen molar-refractivity contribution in [1.29, 1.82) is 0 Å². The molecule has 19 heavy (non-hydrogen) atoms. The summed E-state index contributed by atoms with van der Waals surface area (Å²) in [6, 6.07) is 13.4. The van der Waals surface area contributed by atoms with Crippen LogP contribution in [0.2, 0.25) is 0 Å². The molecule has 1 atom stereocenters. The maximum Gasteiger partial charge on any atom is 0.142 e. The summed E-state index contributed by atoms with van der Waals surface area (Å²) in [6.45, 7) is 2.11. The van der Waals surface area contributed by atoms with Crippen LogP contribution in [-0.2, 0) is 6.42 Å². The molecule has 3 heteroatoms. The van der Waals surface area contributed by atoms with Crippen molar-refractivity contribution in [3.63, 3.8) is 0 Å². The molecule has 0 aliphatic heterocycles. The fourth-order valence-electron chi connectivity index (χ4n) is 2.36. The Hall–Kier alpha value is -1.19. The van der Waals surface area contributed by atoms with Crippen molar-refractivity contribution < 1.29 is 4.39 Å². The molecule has 0 bridgehead atoms. The Morgan fingerprint density at radius 1 is 1.11 bits per heavy atom. The maximum absolute atomic E-state index is 14.3. The number of halogens is 2. The Bertz CT molecular complexity index is 568. The molecule has 0 saturated heterocycles. The second kappa shape index (κ2) is 6.31. The van der Waals surface area contributed by atoms with E-state index in [-0.39, 0.29) is 11.9 Å². The molecular weight excluding hydrogens is 305 g/mol. The van der Waals surface area contributed by atoms with Crippen molar-refractivity contribution in [2.45, 2.75) is 19.4 Å². The average Bonchev–Trinajstić information content (AvgIpc) is 2.45. The Kier molecular flexibility index (Phi) is 4.72. The molecule has 1 nitrogen and oxygen atoms in total. The molecule has 0 aliphatic rings. The van der Waals surface area contributed by atoms with Gasteiger partial charge < -0.3 is 5.32 Å². The molecule has 2 aromatic carbocycles. The van der Waals surface area contributed by atoms with E-state index in [0.717, 1.165) is 12.0 Å². The van der Waals surface area contributed by atoms with E-state index < -0.39 is 0 Å². The van der Waals surface area contributed by atoms with Gasteiger partial charge in [0.25, 0.3) is 0 Å². The van der Waals surface area contributed by atoms with E-state index in [1.807, 2.05) is 31.3 Å². The topological polar surface area (TPSA) is 12.0 Å². The zero-order valence-electron chi connectivity index (χ0n) is 11.1. The van der Waals surface area contributed by atoms with Gasteiger partial charge in [-0.1, -0.05) is 43.3 Å². The van der Waals surface area contributed by atoms with E-state index in [4.69, 9.17) is 0 Å². The monoisotopic (exact) mass is 321 g/mol. The van der Waals surface area contributed by atoms with Crippen LogP contribution >= 0.6 is 15.9 Å². The molecule has 0 amide bonds. The number of hydrogen-bond acceptors (Lipinski definition) is 1. The van der Waals surface area contributed by atoms with Gasteiger partial charge in [-0.2, -0.15) is 0 Å². The van der Waals surface area contributed by atoms with Crippen LogP contribution < -0.4 is 5.32 Å². The minimum Gasteiger partial charge on any atom is -0.309 e. The standard InChI is InChI=1S/C16H17BrFN/c1-3-11-7-4-5-8-12(11)16(19-2)13-9-6-10-14(17)15(13)18/h4-10,16,19H,3H2,1-2H3. The SMILES string of the molecule is CCc1ccccc1C(NC)c1cccc(Br)c1F. The lowest BCUT2D eigenvalue weighted by molar-refractivity contribution is 0.569. The molecule has 0 aliphatic carbocycles. The molecule has 0 spiro atoms. The molecule has 0 aromatic heterocycles. The van der Waals surface area contributed by atoms with Crippen LogP contribution in [0.3, 0.4) is 0 Å². The third-order valence-corrected chi connectivity index (χ3v) is 3.94. The van der Waals surface area contributed by atoms with Crippen LogP contribution in [-0.4, -0.2) is 7.05 Å². The van der Waals surface area contributed by atoms with Crippen LogP contribution in [0.1, 0.15) is 29.7 Å². The molecule has 1 N–H and O–H groups in total. The van der Waals surface area contributed by atoms with Gasteiger partial charge in [-0.3, -0.25) is 0 Å². The van der Waals surface area contributed by atoms with Crippen LogP contribution in [0.4, 0.5) is 4.39 Å². The minimum absolute atomic E-state index is 0.131. The summed E-state index contributed by atoms with van der Waals surface area (Å²) < 4.78 is 14.8. The first-order valence-corrected chi connectivity index (χ1v) is 7.17. The number of aryl methyl sites for hydroxylation is 1. The van der Waals surface area contributed by atoms with Crippen molar-refractivity contribution in [3.8, 4) is 0 Å². The molecule has 0 radical (unpaired) electrons. The van der Waals surface area contributed by atoms with E-state index in [9.17, 15) is 4.39 Å². The second-order valence-electron chi connectivity index (χ2n) is 4.42. The Morgan fingerprint density at radius 2 is 1.79 bits per heavy atom. The van der Waals surface area contributed by atoms with E-state index >= 15 is 0 Å². The van der Waals surface area contributed by atoms with Gasteiger partial charge in [0, 0.05) is 5.56 Å². The van der Waals surface area contributed by atoms with Gasteiger partial charge in [-0.25, -0.2) is 4.39 Å². The zero-order valence-corrected chi connectivity index (χ0v) is 12.7. The summed E-state index contributed by atoms with van der Waals surface area (Å²) in [7, 11) is 1.86. The molecule has 2 rings (SSSR count). The Balaban J connectivity index is 2.53. The highest BCUT2D eigenvalue weighted by molar-refractivity contribution is 9.10. The average molecular weight is 322 g/mol. The Labute approximate surface area is 122 Å². The van der Waals surface area contributed by atoms with Gasteiger partial charge in [0.15, 0.2) is 0 Å². The smallest absolute Gasteiger partial charge is 0.142 e. The number of benzene rings is 2. The first-order chi connectivity index (χ1) is 9.19. The molecular formula is C16H17BrFN. The summed E-state index contributed by atoms with van der Waals surface area (Å²) in [6.07, 6.45) is 0.934. The van der Waals surface area contributed by atoms with E-state index in [1.165, 1.54) is 5.56 Å². The first-order valence-electron chi connectivity index (χ1n) is 6.38. The summed E-state index contributed by atoms with van der Waals surface area (Å²) in [5.74, 6) is -0.201. The predicted molar refractivity (Wildman–Crippen MR) is 80.8 cm³/mol. The summed E-state index contributed by atoms with van der Waals surface area (Å²) >= 11 is 3.25. The van der Waals surface area contributed by atoms with Crippen LogP contribution in [0, 0.1) is 5.82 Å². The fourth-order valence-corrected chi connectivity index (χ4v) is 2.74.